The molecule has 0 saturated carbocycles. The molecule has 0 radical (unpaired) electrons. The van der Waals surface area contributed by atoms with Gasteiger partial charge in [0.25, 0.3) is 0 Å². The van der Waals surface area contributed by atoms with Gasteiger partial charge >= 0.3 is 5.97 Å². The van der Waals surface area contributed by atoms with Crippen molar-refractivity contribution in [2.75, 3.05) is 7.11 Å². The summed E-state index contributed by atoms with van der Waals surface area (Å²) >= 11 is 0. The first-order valence-electron chi connectivity index (χ1n) is 6.06. The van der Waals surface area contributed by atoms with E-state index in [4.69, 9.17) is 9.47 Å². The van der Waals surface area contributed by atoms with Crippen molar-refractivity contribution in [2.24, 2.45) is 0 Å². The highest BCUT2D eigenvalue weighted by atomic mass is 16.6. The Bertz CT molecular complexity index is 533. The van der Waals surface area contributed by atoms with E-state index >= 15 is 0 Å². The minimum atomic E-state index is -0.908. The molecular weight excluding hydrogens is 244 g/mol. The molecule has 0 aliphatic heterocycles. The number of ether oxygens (including phenoxy) is 2. The Labute approximate surface area is 112 Å². The number of aldehydes is 1. The van der Waals surface area contributed by atoms with Crippen LogP contribution in [0.4, 0.5) is 0 Å². The van der Waals surface area contributed by atoms with Crippen LogP contribution in [0.2, 0.25) is 0 Å². The zero-order valence-electron chi connectivity index (χ0n) is 11.2. The average Bonchev–Trinajstić information content (AvgIpc) is 2.41. The molecule has 4 nitrogen and oxygen atoms in total. The topological polar surface area (TPSA) is 52.6 Å². The van der Waals surface area contributed by atoms with Crippen molar-refractivity contribution in [3.8, 4) is 5.75 Å². The second-order valence-corrected chi connectivity index (χ2v) is 4.53. The first kappa shape index (κ1) is 13.3. The molecule has 0 fully saturated rings. The van der Waals surface area contributed by atoms with Gasteiger partial charge in [-0.3, -0.25) is 9.59 Å². The maximum Gasteiger partial charge on any atom is 0.303 e. The highest BCUT2D eigenvalue weighted by molar-refractivity contribution is 5.72. The van der Waals surface area contributed by atoms with E-state index in [0.717, 1.165) is 11.1 Å². The standard InChI is InChI=1S/C15H16O4/c1-10-12-6-4-7-13(18-3)14(12)15(10,8-5-9-16)19-11(2)17/h4-10H,1-3H3/b8-5-/t10-,15-/m0/s1. The highest BCUT2D eigenvalue weighted by Gasteiger charge is 2.52. The van der Waals surface area contributed by atoms with Crippen LogP contribution >= 0.6 is 0 Å². The van der Waals surface area contributed by atoms with E-state index < -0.39 is 5.60 Å². The molecule has 0 saturated heterocycles. The maximum atomic E-state index is 11.4. The smallest absolute Gasteiger partial charge is 0.303 e. The monoisotopic (exact) mass is 260 g/mol. The van der Waals surface area contributed by atoms with Gasteiger partial charge in [0.15, 0.2) is 5.60 Å². The fraction of sp³-hybridized carbons (Fsp3) is 0.333. The van der Waals surface area contributed by atoms with Gasteiger partial charge in [0.1, 0.15) is 12.0 Å². The van der Waals surface area contributed by atoms with Gasteiger partial charge in [0.2, 0.25) is 0 Å². The van der Waals surface area contributed by atoms with Gasteiger partial charge in [0.05, 0.1) is 7.11 Å². The number of carbonyl (C=O) groups is 2. The van der Waals surface area contributed by atoms with E-state index in [0.29, 0.717) is 12.0 Å². The van der Waals surface area contributed by atoms with Crippen molar-refractivity contribution < 1.29 is 19.1 Å². The minimum absolute atomic E-state index is 0.0160. The van der Waals surface area contributed by atoms with Crippen molar-refractivity contribution in [2.45, 2.75) is 25.4 Å². The van der Waals surface area contributed by atoms with E-state index in [-0.39, 0.29) is 11.9 Å². The molecule has 1 aromatic rings. The Hall–Kier alpha value is -2.10. The predicted molar refractivity (Wildman–Crippen MR) is 70.1 cm³/mol. The number of hydrogen-bond donors (Lipinski definition) is 0. The van der Waals surface area contributed by atoms with Crippen molar-refractivity contribution in [1.82, 2.24) is 0 Å². The van der Waals surface area contributed by atoms with Crippen LogP contribution in [0.1, 0.15) is 30.9 Å². The molecule has 0 amide bonds. The molecule has 1 aliphatic rings. The van der Waals surface area contributed by atoms with Crippen molar-refractivity contribution >= 4 is 12.3 Å². The Morgan fingerprint density at radius 2 is 2.16 bits per heavy atom. The lowest BCUT2D eigenvalue weighted by atomic mass is 9.64. The summed E-state index contributed by atoms with van der Waals surface area (Å²) < 4.78 is 10.8. The van der Waals surface area contributed by atoms with E-state index in [9.17, 15) is 9.59 Å². The lowest BCUT2D eigenvalue weighted by Gasteiger charge is -2.47. The second-order valence-electron chi connectivity index (χ2n) is 4.53. The third-order valence-electron chi connectivity index (χ3n) is 3.51. The Morgan fingerprint density at radius 1 is 1.42 bits per heavy atom. The van der Waals surface area contributed by atoms with Gasteiger partial charge < -0.3 is 9.47 Å². The summed E-state index contributed by atoms with van der Waals surface area (Å²) in [6.07, 6.45) is 3.65. The maximum absolute atomic E-state index is 11.4. The molecule has 2 rings (SSSR count). The van der Waals surface area contributed by atoms with Crippen LogP contribution in [0.15, 0.2) is 30.4 Å². The van der Waals surface area contributed by atoms with E-state index in [1.54, 1.807) is 13.2 Å². The Balaban J connectivity index is 2.58. The van der Waals surface area contributed by atoms with Crippen LogP contribution in [-0.4, -0.2) is 19.4 Å². The number of benzene rings is 1. The van der Waals surface area contributed by atoms with Crippen molar-refractivity contribution in [3.63, 3.8) is 0 Å². The normalized spacial score (nSPS) is 24.5. The van der Waals surface area contributed by atoms with Crippen LogP contribution in [0.5, 0.6) is 5.75 Å². The largest absolute Gasteiger partial charge is 0.496 e. The summed E-state index contributed by atoms with van der Waals surface area (Å²) in [5, 5.41) is 0. The summed E-state index contributed by atoms with van der Waals surface area (Å²) in [5.74, 6) is 0.254. The Kier molecular flexibility index (Phi) is 3.42. The van der Waals surface area contributed by atoms with E-state index in [2.05, 4.69) is 0 Å². The summed E-state index contributed by atoms with van der Waals surface area (Å²) in [4.78, 5) is 22.0. The first-order chi connectivity index (χ1) is 9.06. The number of methoxy groups -OCH3 is 1. The molecule has 1 aromatic carbocycles. The molecule has 0 bridgehead atoms. The van der Waals surface area contributed by atoms with Crippen molar-refractivity contribution in [3.05, 3.63) is 41.5 Å². The Morgan fingerprint density at radius 3 is 2.74 bits per heavy atom. The lowest BCUT2D eigenvalue weighted by Crippen LogP contribution is -2.44. The van der Waals surface area contributed by atoms with E-state index in [1.807, 2.05) is 25.1 Å². The molecule has 0 N–H and O–H groups in total. The molecule has 0 heterocycles. The SMILES string of the molecule is COc1cccc2c1[C@@](/C=C\C=O)(OC(C)=O)[C@H]2C. The number of carbonyl (C=O) groups excluding carboxylic acids is 2. The van der Waals surface area contributed by atoms with E-state index in [1.165, 1.54) is 13.0 Å². The summed E-state index contributed by atoms with van der Waals surface area (Å²) in [6, 6.07) is 5.69. The van der Waals surface area contributed by atoms with Gasteiger partial charge in [-0.15, -0.1) is 0 Å². The minimum Gasteiger partial charge on any atom is -0.496 e. The second kappa shape index (κ2) is 4.88. The van der Waals surface area contributed by atoms with Crippen LogP contribution < -0.4 is 4.74 Å². The average molecular weight is 260 g/mol. The fourth-order valence-corrected chi connectivity index (χ4v) is 2.69. The number of rotatable bonds is 4. The molecule has 19 heavy (non-hydrogen) atoms. The van der Waals surface area contributed by atoms with Gasteiger partial charge in [-0.1, -0.05) is 19.1 Å². The molecule has 0 unspecified atom stereocenters. The number of fused-ring (bicyclic) bond motifs is 1. The highest BCUT2D eigenvalue weighted by Crippen LogP contribution is 2.56. The lowest BCUT2D eigenvalue weighted by molar-refractivity contribution is -0.158. The van der Waals surface area contributed by atoms with Gasteiger partial charge in [-0.2, -0.15) is 0 Å². The quantitative estimate of drug-likeness (QED) is 0.473. The van der Waals surface area contributed by atoms with Gasteiger partial charge in [-0.25, -0.2) is 0 Å². The molecular formula is C15H16O4. The van der Waals surface area contributed by atoms with Gasteiger partial charge in [-0.05, 0) is 23.8 Å². The van der Waals surface area contributed by atoms with Gasteiger partial charge in [0, 0.05) is 18.4 Å². The van der Waals surface area contributed by atoms with Crippen LogP contribution in [0.3, 0.4) is 0 Å². The van der Waals surface area contributed by atoms with Crippen LogP contribution in [0.25, 0.3) is 0 Å². The number of hydrogen-bond acceptors (Lipinski definition) is 4. The fourth-order valence-electron chi connectivity index (χ4n) is 2.69. The molecule has 2 atom stereocenters. The molecule has 0 aromatic heterocycles. The van der Waals surface area contributed by atoms with Crippen molar-refractivity contribution in [1.29, 1.82) is 0 Å². The number of esters is 1. The number of allylic oxidation sites excluding steroid dienone is 1. The molecule has 0 spiro atoms. The first-order valence-corrected chi connectivity index (χ1v) is 6.06. The molecule has 4 heteroatoms. The zero-order chi connectivity index (χ0) is 14.0. The van der Waals surface area contributed by atoms with Crippen LogP contribution in [-0.2, 0) is 19.9 Å². The van der Waals surface area contributed by atoms with Crippen LogP contribution in [0, 0.1) is 0 Å². The predicted octanol–water partition coefficient (Wildman–Crippen LogP) is 2.33. The summed E-state index contributed by atoms with van der Waals surface area (Å²) in [7, 11) is 1.57. The third-order valence-corrected chi connectivity index (χ3v) is 3.51. The molecule has 1 aliphatic carbocycles. The zero-order valence-corrected chi connectivity index (χ0v) is 11.2. The third kappa shape index (κ3) is 1.93. The summed E-state index contributed by atoms with van der Waals surface area (Å²) in [6.45, 7) is 3.32. The molecule has 100 valence electrons. The summed E-state index contributed by atoms with van der Waals surface area (Å²) in [5.41, 5.74) is 0.976.